The van der Waals surface area contributed by atoms with E-state index in [1.807, 2.05) is 0 Å². The molecule has 2 amide bonds. The summed E-state index contributed by atoms with van der Waals surface area (Å²) in [5.41, 5.74) is 0.363. The summed E-state index contributed by atoms with van der Waals surface area (Å²) in [7, 11) is 2.92. The van der Waals surface area contributed by atoms with E-state index in [4.69, 9.17) is 14.2 Å². The lowest BCUT2D eigenvalue weighted by molar-refractivity contribution is -0.121. The van der Waals surface area contributed by atoms with Gasteiger partial charge in [0.1, 0.15) is 24.0 Å². The van der Waals surface area contributed by atoms with Gasteiger partial charge in [0.15, 0.2) is 11.5 Å². The molecule has 7 nitrogen and oxygen atoms in total. The third kappa shape index (κ3) is 3.98. The predicted molar refractivity (Wildman–Crippen MR) is 94.6 cm³/mol. The molecule has 0 fully saturated rings. The lowest BCUT2D eigenvalue weighted by Crippen LogP contribution is -2.39. The topological polar surface area (TPSA) is 85.9 Å². The number of amides is 2. The van der Waals surface area contributed by atoms with E-state index in [1.165, 1.54) is 26.4 Å². The summed E-state index contributed by atoms with van der Waals surface area (Å²) in [6.07, 6.45) is 0. The van der Waals surface area contributed by atoms with Gasteiger partial charge in [0, 0.05) is 17.7 Å². The van der Waals surface area contributed by atoms with E-state index in [-0.39, 0.29) is 30.0 Å². The van der Waals surface area contributed by atoms with Crippen LogP contribution in [0.1, 0.15) is 22.0 Å². The molecule has 1 atom stereocenters. The van der Waals surface area contributed by atoms with Crippen LogP contribution in [0.4, 0.5) is 8.78 Å². The van der Waals surface area contributed by atoms with E-state index in [1.54, 1.807) is 6.07 Å². The van der Waals surface area contributed by atoms with Crippen molar-refractivity contribution in [1.82, 2.24) is 10.6 Å². The molecule has 2 N–H and O–H groups in total. The summed E-state index contributed by atoms with van der Waals surface area (Å²) >= 11 is 0. The van der Waals surface area contributed by atoms with Crippen molar-refractivity contribution < 1.29 is 32.6 Å². The van der Waals surface area contributed by atoms with Crippen LogP contribution >= 0.6 is 0 Å². The Hall–Kier alpha value is -3.36. The largest absolute Gasteiger partial charge is 0.493 e. The molecule has 148 valence electrons. The van der Waals surface area contributed by atoms with Gasteiger partial charge < -0.3 is 24.8 Å². The van der Waals surface area contributed by atoms with Crippen LogP contribution in [0.3, 0.4) is 0 Å². The number of ether oxygens (including phenoxy) is 3. The lowest BCUT2D eigenvalue weighted by Gasteiger charge is -2.13. The van der Waals surface area contributed by atoms with Gasteiger partial charge in [-0.25, -0.2) is 8.78 Å². The minimum absolute atomic E-state index is 0.0227. The van der Waals surface area contributed by atoms with E-state index >= 15 is 0 Å². The molecule has 3 rings (SSSR count). The van der Waals surface area contributed by atoms with Crippen LogP contribution in [0.2, 0.25) is 0 Å². The molecule has 0 bridgehead atoms. The summed E-state index contributed by atoms with van der Waals surface area (Å²) in [5, 5.41) is 5.02. The van der Waals surface area contributed by atoms with E-state index < -0.39 is 29.5 Å². The minimum Gasteiger partial charge on any atom is -0.493 e. The zero-order valence-electron chi connectivity index (χ0n) is 15.2. The molecule has 9 heteroatoms. The second kappa shape index (κ2) is 8.12. The van der Waals surface area contributed by atoms with Gasteiger partial charge in [-0.2, -0.15) is 0 Å². The first-order valence-corrected chi connectivity index (χ1v) is 8.34. The summed E-state index contributed by atoms with van der Waals surface area (Å²) in [6.45, 7) is -0.354. The van der Waals surface area contributed by atoms with Crippen molar-refractivity contribution >= 4 is 11.8 Å². The molecule has 1 aliphatic heterocycles. The van der Waals surface area contributed by atoms with Crippen LogP contribution in [0.25, 0.3) is 0 Å². The molecular weight excluding hydrogens is 374 g/mol. The number of nitrogens with one attached hydrogen (secondary N) is 2. The maximum atomic E-state index is 14.0. The van der Waals surface area contributed by atoms with Crippen LogP contribution in [0.5, 0.6) is 17.2 Å². The van der Waals surface area contributed by atoms with Gasteiger partial charge in [0.2, 0.25) is 5.91 Å². The average Bonchev–Trinajstić information content (AvgIpc) is 3.08. The number of hydrogen-bond acceptors (Lipinski definition) is 5. The van der Waals surface area contributed by atoms with Crippen molar-refractivity contribution in [3.05, 3.63) is 53.1 Å². The smallest absolute Gasteiger partial charge is 0.251 e. The standard InChI is InChI=1S/C19H18F2N2O5/c1-26-14-4-3-10(5-15(14)27-2)19(25)22-8-17(24)23-13-9-28-16-7-11(20)6-12(21)18(13)16/h3-7,13H,8-9H2,1-2H3,(H,22,25)(H,23,24)/t13-/m0/s1. The number of carbonyl (C=O) groups is 2. The number of hydrogen-bond donors (Lipinski definition) is 2. The third-order valence-corrected chi connectivity index (χ3v) is 4.20. The van der Waals surface area contributed by atoms with Gasteiger partial charge in [-0.3, -0.25) is 9.59 Å². The molecule has 0 spiro atoms. The first kappa shape index (κ1) is 19.4. The maximum Gasteiger partial charge on any atom is 0.251 e. The summed E-state index contributed by atoms with van der Waals surface area (Å²) in [4.78, 5) is 24.4. The number of benzene rings is 2. The molecule has 0 aliphatic carbocycles. The Morgan fingerprint density at radius 2 is 1.89 bits per heavy atom. The number of methoxy groups -OCH3 is 2. The Bertz CT molecular complexity index is 919. The van der Waals surface area contributed by atoms with Crippen LogP contribution in [-0.4, -0.2) is 39.2 Å². The fraction of sp³-hybridized carbons (Fsp3) is 0.263. The normalized spacial score (nSPS) is 14.6. The lowest BCUT2D eigenvalue weighted by atomic mass is 10.1. The van der Waals surface area contributed by atoms with Crippen molar-refractivity contribution in [2.45, 2.75) is 6.04 Å². The number of rotatable bonds is 6. The van der Waals surface area contributed by atoms with E-state index in [0.29, 0.717) is 11.5 Å². The molecule has 2 aromatic carbocycles. The summed E-state index contributed by atoms with van der Waals surface area (Å²) in [6, 6.07) is 5.61. The summed E-state index contributed by atoms with van der Waals surface area (Å²) in [5.74, 6) is -1.70. The summed E-state index contributed by atoms with van der Waals surface area (Å²) < 4.78 is 42.6. The van der Waals surface area contributed by atoms with E-state index in [0.717, 1.165) is 12.1 Å². The fourth-order valence-electron chi connectivity index (χ4n) is 2.87. The van der Waals surface area contributed by atoms with Crippen molar-refractivity contribution in [2.24, 2.45) is 0 Å². The van der Waals surface area contributed by atoms with E-state index in [9.17, 15) is 18.4 Å². The Labute approximate surface area is 159 Å². The molecule has 1 heterocycles. The minimum atomic E-state index is -0.799. The number of carbonyl (C=O) groups excluding carboxylic acids is 2. The highest BCUT2D eigenvalue weighted by atomic mass is 19.1. The average molecular weight is 392 g/mol. The zero-order chi connectivity index (χ0) is 20.3. The van der Waals surface area contributed by atoms with Crippen LogP contribution < -0.4 is 24.8 Å². The van der Waals surface area contributed by atoms with Crippen LogP contribution in [0.15, 0.2) is 30.3 Å². The molecule has 0 radical (unpaired) electrons. The first-order valence-electron chi connectivity index (χ1n) is 8.34. The molecule has 1 aliphatic rings. The highest BCUT2D eigenvalue weighted by Gasteiger charge is 2.30. The molecular formula is C19H18F2N2O5. The van der Waals surface area contributed by atoms with Crippen LogP contribution in [-0.2, 0) is 4.79 Å². The van der Waals surface area contributed by atoms with Gasteiger partial charge >= 0.3 is 0 Å². The zero-order valence-corrected chi connectivity index (χ0v) is 15.2. The first-order chi connectivity index (χ1) is 13.4. The number of halogens is 2. The van der Waals surface area contributed by atoms with Crippen LogP contribution in [0, 0.1) is 11.6 Å². The number of fused-ring (bicyclic) bond motifs is 1. The third-order valence-electron chi connectivity index (χ3n) is 4.20. The maximum absolute atomic E-state index is 14.0. The molecule has 0 saturated heterocycles. The van der Waals surface area contributed by atoms with Gasteiger partial charge in [-0.05, 0) is 18.2 Å². The monoisotopic (exact) mass is 392 g/mol. The second-order valence-corrected chi connectivity index (χ2v) is 5.98. The molecule has 0 unspecified atom stereocenters. The van der Waals surface area contributed by atoms with Crippen molar-refractivity contribution in [3.63, 3.8) is 0 Å². The molecule has 2 aromatic rings. The Kier molecular flexibility index (Phi) is 5.62. The fourth-order valence-corrected chi connectivity index (χ4v) is 2.87. The van der Waals surface area contributed by atoms with Crippen molar-refractivity contribution in [3.8, 4) is 17.2 Å². The van der Waals surface area contributed by atoms with Gasteiger partial charge in [-0.15, -0.1) is 0 Å². The highest BCUT2D eigenvalue weighted by Crippen LogP contribution is 2.35. The highest BCUT2D eigenvalue weighted by molar-refractivity contribution is 5.97. The Morgan fingerprint density at radius 3 is 2.61 bits per heavy atom. The second-order valence-electron chi connectivity index (χ2n) is 5.98. The van der Waals surface area contributed by atoms with Crippen molar-refractivity contribution in [2.75, 3.05) is 27.4 Å². The van der Waals surface area contributed by atoms with Gasteiger partial charge in [-0.1, -0.05) is 0 Å². The van der Waals surface area contributed by atoms with Crippen molar-refractivity contribution in [1.29, 1.82) is 0 Å². The quantitative estimate of drug-likeness (QED) is 0.785. The Morgan fingerprint density at radius 1 is 1.14 bits per heavy atom. The van der Waals surface area contributed by atoms with Gasteiger partial charge in [0.25, 0.3) is 5.91 Å². The van der Waals surface area contributed by atoms with E-state index in [2.05, 4.69) is 10.6 Å². The molecule has 0 aromatic heterocycles. The molecule has 0 saturated carbocycles. The Balaban J connectivity index is 1.59. The van der Waals surface area contributed by atoms with Gasteiger partial charge in [0.05, 0.1) is 32.4 Å². The predicted octanol–water partition coefficient (Wildman–Crippen LogP) is 1.96. The molecule has 28 heavy (non-hydrogen) atoms. The SMILES string of the molecule is COc1ccc(C(=O)NCC(=O)N[C@H]2COc3cc(F)cc(F)c32)cc1OC.